The molecular formula is C16H25NO3. The van der Waals surface area contributed by atoms with Crippen LogP contribution in [0.25, 0.3) is 0 Å². The smallest absolute Gasteiger partial charge is 0.137 e. The second-order valence-electron chi connectivity index (χ2n) is 5.47. The molecule has 0 amide bonds. The highest BCUT2D eigenvalue weighted by Gasteiger charge is 2.39. The summed E-state index contributed by atoms with van der Waals surface area (Å²) < 4.78 is 11.2. The summed E-state index contributed by atoms with van der Waals surface area (Å²) in [4.78, 5) is 4.17. The lowest BCUT2D eigenvalue weighted by atomic mass is 9.85. The van der Waals surface area contributed by atoms with Crippen LogP contribution in [0, 0.1) is 0 Å². The molecule has 0 radical (unpaired) electrons. The van der Waals surface area contributed by atoms with Crippen LogP contribution in [0.15, 0.2) is 18.5 Å². The van der Waals surface area contributed by atoms with Crippen LogP contribution in [0.1, 0.15) is 57.1 Å². The zero-order chi connectivity index (χ0) is 14.4. The van der Waals surface area contributed by atoms with Gasteiger partial charge in [-0.15, -0.1) is 0 Å². The number of hydrogen-bond donors (Lipinski definition) is 1. The molecule has 1 unspecified atom stereocenters. The van der Waals surface area contributed by atoms with Crippen molar-refractivity contribution < 1.29 is 14.6 Å². The molecule has 4 nitrogen and oxygen atoms in total. The van der Waals surface area contributed by atoms with E-state index >= 15 is 0 Å². The first-order valence-corrected chi connectivity index (χ1v) is 7.53. The van der Waals surface area contributed by atoms with Gasteiger partial charge in [0.05, 0.1) is 18.4 Å². The van der Waals surface area contributed by atoms with Gasteiger partial charge < -0.3 is 14.6 Å². The zero-order valence-corrected chi connectivity index (χ0v) is 12.5. The van der Waals surface area contributed by atoms with Crippen molar-refractivity contribution in [2.45, 2.75) is 57.2 Å². The predicted octanol–water partition coefficient (Wildman–Crippen LogP) is 3.25. The number of aliphatic hydroxyl groups is 1. The molecule has 1 aliphatic carbocycles. The third-order valence-corrected chi connectivity index (χ3v) is 4.22. The molecule has 1 saturated carbocycles. The van der Waals surface area contributed by atoms with Gasteiger partial charge in [0, 0.05) is 18.9 Å². The van der Waals surface area contributed by atoms with E-state index in [9.17, 15) is 5.11 Å². The lowest BCUT2D eigenvalue weighted by Gasteiger charge is -2.36. The molecule has 0 spiro atoms. The fourth-order valence-electron chi connectivity index (χ4n) is 3.05. The zero-order valence-electron chi connectivity index (χ0n) is 12.5. The third kappa shape index (κ3) is 3.30. The fourth-order valence-corrected chi connectivity index (χ4v) is 3.05. The van der Waals surface area contributed by atoms with Crippen LogP contribution >= 0.6 is 0 Å². The number of rotatable bonds is 5. The molecule has 0 aliphatic heterocycles. The summed E-state index contributed by atoms with van der Waals surface area (Å²) in [6.07, 6.45) is 9.15. The van der Waals surface area contributed by atoms with Crippen molar-refractivity contribution in [3.8, 4) is 5.75 Å². The van der Waals surface area contributed by atoms with E-state index in [0.29, 0.717) is 12.4 Å². The van der Waals surface area contributed by atoms with Crippen molar-refractivity contribution in [3.63, 3.8) is 0 Å². The monoisotopic (exact) mass is 279 g/mol. The second kappa shape index (κ2) is 7.04. The maximum Gasteiger partial charge on any atom is 0.137 e. The quantitative estimate of drug-likeness (QED) is 0.841. The molecule has 1 aromatic heterocycles. The molecule has 0 bridgehead atoms. The molecule has 1 fully saturated rings. The molecule has 0 aromatic carbocycles. The van der Waals surface area contributed by atoms with Crippen LogP contribution < -0.4 is 4.74 Å². The van der Waals surface area contributed by atoms with Crippen LogP contribution in [0.3, 0.4) is 0 Å². The predicted molar refractivity (Wildman–Crippen MR) is 77.8 cm³/mol. The Labute approximate surface area is 121 Å². The first-order chi connectivity index (χ1) is 9.72. The number of hydrogen-bond acceptors (Lipinski definition) is 4. The minimum Gasteiger partial charge on any atom is -0.492 e. The summed E-state index contributed by atoms with van der Waals surface area (Å²) >= 11 is 0. The van der Waals surface area contributed by atoms with E-state index in [0.717, 1.165) is 31.2 Å². The maximum atomic E-state index is 10.8. The lowest BCUT2D eigenvalue weighted by Crippen LogP contribution is -2.38. The molecule has 20 heavy (non-hydrogen) atoms. The van der Waals surface area contributed by atoms with Crippen LogP contribution in [0.2, 0.25) is 0 Å². The van der Waals surface area contributed by atoms with Gasteiger partial charge in [-0.2, -0.15) is 0 Å². The summed E-state index contributed by atoms with van der Waals surface area (Å²) in [5.74, 6) is 0.698. The highest BCUT2D eigenvalue weighted by molar-refractivity contribution is 5.27. The Hall–Kier alpha value is -1.13. The van der Waals surface area contributed by atoms with Gasteiger partial charge >= 0.3 is 0 Å². The average Bonchev–Trinajstić information content (AvgIpc) is 2.73. The Kier molecular flexibility index (Phi) is 5.38. The van der Waals surface area contributed by atoms with E-state index in [1.54, 1.807) is 19.5 Å². The van der Waals surface area contributed by atoms with Gasteiger partial charge in [-0.1, -0.05) is 25.7 Å². The van der Waals surface area contributed by atoms with Gasteiger partial charge in [0.2, 0.25) is 0 Å². The Bertz CT molecular complexity index is 414. The molecule has 112 valence electrons. The van der Waals surface area contributed by atoms with Crippen molar-refractivity contribution in [1.82, 2.24) is 4.98 Å². The Morgan fingerprint density at radius 2 is 1.95 bits per heavy atom. The minimum atomic E-state index is -0.654. The first-order valence-electron chi connectivity index (χ1n) is 7.53. The normalized spacial score (nSPS) is 20.1. The number of ether oxygens (including phenoxy) is 2. The highest BCUT2D eigenvalue weighted by Crippen LogP contribution is 2.40. The van der Waals surface area contributed by atoms with Crippen LogP contribution in [0.4, 0.5) is 0 Å². The lowest BCUT2D eigenvalue weighted by molar-refractivity contribution is -0.114. The van der Waals surface area contributed by atoms with Crippen LogP contribution in [0.5, 0.6) is 5.75 Å². The standard InChI is InChI=1S/C16H25NO3/c1-3-20-14-10-13(11-17-12-14)15(18)16(19-2)8-6-4-5-7-9-16/h10-12,15,18H,3-9H2,1-2H3. The molecule has 1 N–H and O–H groups in total. The van der Waals surface area contributed by atoms with Crippen molar-refractivity contribution >= 4 is 0 Å². The fraction of sp³-hybridized carbons (Fsp3) is 0.688. The maximum absolute atomic E-state index is 10.8. The van der Waals surface area contributed by atoms with Crippen molar-refractivity contribution in [1.29, 1.82) is 0 Å². The van der Waals surface area contributed by atoms with Gasteiger partial charge in [-0.3, -0.25) is 4.98 Å². The van der Waals surface area contributed by atoms with Crippen LogP contribution in [-0.2, 0) is 4.74 Å². The molecular weight excluding hydrogens is 254 g/mol. The van der Waals surface area contributed by atoms with Gasteiger partial charge in [0.1, 0.15) is 11.9 Å². The molecule has 0 saturated heterocycles. The van der Waals surface area contributed by atoms with Crippen LogP contribution in [-0.4, -0.2) is 29.4 Å². The summed E-state index contributed by atoms with van der Waals surface area (Å²) in [5, 5.41) is 10.8. The third-order valence-electron chi connectivity index (χ3n) is 4.22. The average molecular weight is 279 g/mol. The largest absolute Gasteiger partial charge is 0.492 e. The summed E-state index contributed by atoms with van der Waals surface area (Å²) in [7, 11) is 1.70. The number of methoxy groups -OCH3 is 1. The number of aliphatic hydroxyl groups excluding tert-OH is 1. The summed E-state index contributed by atoms with van der Waals surface area (Å²) in [6, 6.07) is 1.87. The molecule has 1 aromatic rings. The SMILES string of the molecule is CCOc1cncc(C(O)C2(OC)CCCCCC2)c1. The van der Waals surface area contributed by atoms with E-state index in [1.165, 1.54) is 12.8 Å². The van der Waals surface area contributed by atoms with E-state index in [4.69, 9.17) is 9.47 Å². The summed E-state index contributed by atoms with van der Waals surface area (Å²) in [5.41, 5.74) is 0.294. The van der Waals surface area contributed by atoms with Crippen molar-refractivity contribution in [2.24, 2.45) is 0 Å². The van der Waals surface area contributed by atoms with Gasteiger partial charge in [0.25, 0.3) is 0 Å². The van der Waals surface area contributed by atoms with E-state index in [2.05, 4.69) is 4.98 Å². The molecule has 1 aliphatic rings. The van der Waals surface area contributed by atoms with Gasteiger partial charge in [-0.25, -0.2) is 0 Å². The highest BCUT2D eigenvalue weighted by atomic mass is 16.5. The number of pyridine rings is 1. The molecule has 2 rings (SSSR count). The number of nitrogens with zero attached hydrogens (tertiary/aromatic N) is 1. The minimum absolute atomic E-state index is 0.483. The molecule has 4 heteroatoms. The second-order valence-corrected chi connectivity index (χ2v) is 5.47. The molecule has 1 heterocycles. The van der Waals surface area contributed by atoms with Gasteiger partial charge in [-0.05, 0) is 25.8 Å². The Morgan fingerprint density at radius 3 is 2.55 bits per heavy atom. The Morgan fingerprint density at radius 1 is 1.25 bits per heavy atom. The van der Waals surface area contributed by atoms with E-state index in [-0.39, 0.29) is 0 Å². The van der Waals surface area contributed by atoms with Crippen molar-refractivity contribution in [3.05, 3.63) is 24.0 Å². The number of aromatic nitrogens is 1. The molecule has 1 atom stereocenters. The van der Waals surface area contributed by atoms with Gasteiger partial charge in [0.15, 0.2) is 0 Å². The summed E-state index contributed by atoms with van der Waals surface area (Å²) in [6.45, 7) is 2.53. The van der Waals surface area contributed by atoms with Crippen molar-refractivity contribution in [2.75, 3.05) is 13.7 Å². The van der Waals surface area contributed by atoms with E-state index < -0.39 is 11.7 Å². The topological polar surface area (TPSA) is 51.6 Å². The Balaban J connectivity index is 2.22. The first kappa shape index (κ1) is 15.3. The van der Waals surface area contributed by atoms with E-state index in [1.807, 2.05) is 13.0 Å².